The number of nitrogens with zero attached hydrogens (tertiary/aromatic N) is 4. The van der Waals surface area contributed by atoms with Crippen LogP contribution in [0.3, 0.4) is 0 Å². The van der Waals surface area contributed by atoms with Gasteiger partial charge in [0.2, 0.25) is 0 Å². The van der Waals surface area contributed by atoms with Crippen LogP contribution in [0.15, 0.2) is 6.20 Å². The Balaban J connectivity index is 1.86. The van der Waals surface area contributed by atoms with Crippen molar-refractivity contribution in [2.75, 3.05) is 0 Å². The van der Waals surface area contributed by atoms with Gasteiger partial charge in [0.25, 0.3) is 5.95 Å². The van der Waals surface area contributed by atoms with Gasteiger partial charge in [-0.15, -0.1) is 0 Å². The van der Waals surface area contributed by atoms with Gasteiger partial charge in [-0.3, -0.25) is 0 Å². The van der Waals surface area contributed by atoms with Gasteiger partial charge in [-0.1, -0.05) is 11.6 Å². The molecule has 2 aromatic heterocycles. The Bertz CT molecular complexity index is 645. The Morgan fingerprint density at radius 2 is 2.05 bits per heavy atom. The normalized spacial score (nSPS) is 14.8. The Morgan fingerprint density at radius 3 is 2.60 bits per heavy atom. The molecule has 5 nitrogen and oxygen atoms in total. The van der Waals surface area contributed by atoms with Crippen molar-refractivity contribution in [1.82, 2.24) is 25.1 Å². The molecule has 0 amide bonds. The molecular weight excluding hydrogens is 274 g/mol. The average Bonchev–Trinajstić information content (AvgIpc) is 3.21. The lowest BCUT2D eigenvalue weighted by atomic mass is 10.2. The van der Waals surface area contributed by atoms with Gasteiger partial charge in [0.05, 0.1) is 16.4 Å². The Kier molecular flexibility index (Phi) is 3.48. The number of hydrogen-bond acceptors (Lipinski definition) is 4. The molecule has 0 bridgehead atoms. The summed E-state index contributed by atoms with van der Waals surface area (Å²) in [5, 5.41) is 8.53. The molecule has 1 N–H and O–H groups in total. The molecule has 20 heavy (non-hydrogen) atoms. The minimum absolute atomic E-state index is 0.574. The fourth-order valence-electron chi connectivity index (χ4n) is 2.12. The fourth-order valence-corrected chi connectivity index (χ4v) is 2.23. The van der Waals surface area contributed by atoms with Crippen molar-refractivity contribution in [2.45, 2.75) is 46.2 Å². The molecule has 1 fully saturated rings. The van der Waals surface area contributed by atoms with E-state index in [9.17, 15) is 0 Å². The summed E-state index contributed by atoms with van der Waals surface area (Å²) in [7, 11) is 0. The third-order valence-corrected chi connectivity index (χ3v) is 4.17. The summed E-state index contributed by atoms with van der Waals surface area (Å²) in [5.41, 5.74) is 3.78. The first kappa shape index (κ1) is 13.5. The molecule has 0 saturated heterocycles. The topological polar surface area (TPSA) is 55.6 Å². The van der Waals surface area contributed by atoms with Crippen LogP contribution in [0, 0.1) is 20.8 Å². The standard InChI is InChI=1S/C14H18ClN5/c1-8-11(6-16-12-4-5-12)7-17-14(18-8)20-10(3)13(15)9(2)19-20/h7,12,16H,4-6H2,1-3H3. The van der Waals surface area contributed by atoms with Crippen LogP contribution in [0.1, 0.15) is 35.5 Å². The molecule has 1 saturated carbocycles. The van der Waals surface area contributed by atoms with Crippen molar-refractivity contribution >= 4 is 11.6 Å². The highest BCUT2D eigenvalue weighted by Crippen LogP contribution is 2.22. The predicted molar refractivity (Wildman–Crippen MR) is 78.2 cm³/mol. The monoisotopic (exact) mass is 291 g/mol. The zero-order valence-electron chi connectivity index (χ0n) is 11.9. The van der Waals surface area contributed by atoms with Gasteiger partial charge < -0.3 is 5.32 Å². The van der Waals surface area contributed by atoms with Crippen LogP contribution in [0.25, 0.3) is 5.95 Å². The van der Waals surface area contributed by atoms with Crippen molar-refractivity contribution in [1.29, 1.82) is 0 Å². The van der Waals surface area contributed by atoms with E-state index in [1.165, 1.54) is 12.8 Å². The first-order chi connectivity index (χ1) is 9.56. The molecular formula is C14H18ClN5. The Labute approximate surface area is 123 Å². The van der Waals surface area contributed by atoms with E-state index in [4.69, 9.17) is 11.6 Å². The number of hydrogen-bond donors (Lipinski definition) is 1. The SMILES string of the molecule is Cc1nc(-n2nc(C)c(Cl)c2C)ncc1CNC1CC1. The van der Waals surface area contributed by atoms with Gasteiger partial charge in [-0.25, -0.2) is 14.6 Å². The van der Waals surface area contributed by atoms with Crippen LogP contribution >= 0.6 is 11.6 Å². The van der Waals surface area contributed by atoms with E-state index < -0.39 is 0 Å². The van der Waals surface area contributed by atoms with Crippen molar-refractivity contribution in [3.63, 3.8) is 0 Å². The number of rotatable bonds is 4. The van der Waals surface area contributed by atoms with E-state index >= 15 is 0 Å². The number of halogens is 1. The summed E-state index contributed by atoms with van der Waals surface area (Å²) in [6.45, 7) is 6.63. The molecule has 1 aliphatic carbocycles. The maximum Gasteiger partial charge on any atom is 0.251 e. The van der Waals surface area contributed by atoms with Crippen LogP contribution in [-0.2, 0) is 6.54 Å². The quantitative estimate of drug-likeness (QED) is 0.940. The minimum atomic E-state index is 0.574. The summed E-state index contributed by atoms with van der Waals surface area (Å²) < 4.78 is 1.70. The first-order valence-electron chi connectivity index (χ1n) is 6.84. The van der Waals surface area contributed by atoms with Gasteiger partial charge >= 0.3 is 0 Å². The largest absolute Gasteiger partial charge is 0.310 e. The lowest BCUT2D eigenvalue weighted by molar-refractivity contribution is 0.674. The average molecular weight is 292 g/mol. The molecule has 106 valence electrons. The summed E-state index contributed by atoms with van der Waals surface area (Å²) >= 11 is 6.16. The van der Waals surface area contributed by atoms with E-state index in [-0.39, 0.29) is 0 Å². The maximum atomic E-state index is 6.16. The Morgan fingerprint density at radius 1 is 1.30 bits per heavy atom. The molecule has 0 atom stereocenters. The molecule has 3 rings (SSSR count). The summed E-state index contributed by atoms with van der Waals surface area (Å²) in [6.07, 6.45) is 4.43. The highest BCUT2D eigenvalue weighted by atomic mass is 35.5. The van der Waals surface area contributed by atoms with Gasteiger partial charge in [0.15, 0.2) is 0 Å². The Hall–Kier alpha value is -1.46. The van der Waals surface area contributed by atoms with E-state index in [0.29, 0.717) is 17.0 Å². The van der Waals surface area contributed by atoms with E-state index in [0.717, 1.165) is 29.2 Å². The second-order valence-electron chi connectivity index (χ2n) is 5.33. The van der Waals surface area contributed by atoms with Gasteiger partial charge in [0, 0.05) is 30.0 Å². The molecule has 0 unspecified atom stereocenters. The van der Waals surface area contributed by atoms with Crippen molar-refractivity contribution in [3.8, 4) is 5.95 Å². The van der Waals surface area contributed by atoms with Gasteiger partial charge in [-0.05, 0) is 33.6 Å². The molecule has 0 spiro atoms. The van der Waals surface area contributed by atoms with Crippen molar-refractivity contribution in [3.05, 3.63) is 33.9 Å². The van der Waals surface area contributed by atoms with Crippen LogP contribution in [-0.4, -0.2) is 25.8 Å². The lowest BCUT2D eigenvalue weighted by Crippen LogP contribution is -2.17. The molecule has 0 aromatic carbocycles. The molecule has 2 heterocycles. The molecule has 6 heteroatoms. The highest BCUT2D eigenvalue weighted by molar-refractivity contribution is 6.31. The van der Waals surface area contributed by atoms with Gasteiger partial charge in [0.1, 0.15) is 0 Å². The summed E-state index contributed by atoms with van der Waals surface area (Å²) in [4.78, 5) is 8.96. The number of aryl methyl sites for hydroxylation is 2. The van der Waals surface area contributed by atoms with Crippen LogP contribution in [0.5, 0.6) is 0 Å². The fraction of sp³-hybridized carbons (Fsp3) is 0.500. The smallest absolute Gasteiger partial charge is 0.251 e. The third kappa shape index (κ3) is 2.55. The number of nitrogens with one attached hydrogen (secondary N) is 1. The van der Waals surface area contributed by atoms with E-state index in [1.54, 1.807) is 4.68 Å². The van der Waals surface area contributed by atoms with Crippen molar-refractivity contribution < 1.29 is 0 Å². The van der Waals surface area contributed by atoms with E-state index in [1.807, 2.05) is 27.0 Å². The summed E-state index contributed by atoms with van der Waals surface area (Å²) in [6, 6.07) is 0.684. The molecule has 0 aliphatic heterocycles. The number of aromatic nitrogens is 4. The van der Waals surface area contributed by atoms with Crippen LogP contribution in [0.2, 0.25) is 5.02 Å². The second-order valence-corrected chi connectivity index (χ2v) is 5.71. The molecule has 1 aliphatic rings. The second kappa shape index (κ2) is 5.14. The highest BCUT2D eigenvalue weighted by Gasteiger charge is 2.20. The van der Waals surface area contributed by atoms with Crippen LogP contribution in [0.4, 0.5) is 0 Å². The maximum absolute atomic E-state index is 6.16. The minimum Gasteiger partial charge on any atom is -0.310 e. The molecule has 2 aromatic rings. The van der Waals surface area contributed by atoms with Gasteiger partial charge in [-0.2, -0.15) is 5.10 Å². The first-order valence-corrected chi connectivity index (χ1v) is 7.22. The predicted octanol–water partition coefficient (Wildman–Crippen LogP) is 2.49. The van der Waals surface area contributed by atoms with E-state index in [2.05, 4.69) is 20.4 Å². The zero-order chi connectivity index (χ0) is 14.3. The lowest BCUT2D eigenvalue weighted by Gasteiger charge is -2.08. The summed E-state index contributed by atoms with van der Waals surface area (Å²) in [5.74, 6) is 0.574. The van der Waals surface area contributed by atoms with Crippen LogP contribution < -0.4 is 5.32 Å². The molecule has 0 radical (unpaired) electrons. The third-order valence-electron chi connectivity index (χ3n) is 3.62. The van der Waals surface area contributed by atoms with Crippen molar-refractivity contribution in [2.24, 2.45) is 0 Å². The zero-order valence-corrected chi connectivity index (χ0v) is 12.7.